The third kappa shape index (κ3) is 2.92. The maximum atomic E-state index is 10.5. The number of hydrogen-bond donors (Lipinski definition) is 1. The maximum absolute atomic E-state index is 10.5. The third-order valence-electron chi connectivity index (χ3n) is 4.03. The Morgan fingerprint density at radius 1 is 1.05 bits per heavy atom. The van der Waals surface area contributed by atoms with Crippen LogP contribution in [0.4, 0.5) is 0 Å². The molecule has 0 spiro atoms. The van der Waals surface area contributed by atoms with Crippen molar-refractivity contribution in [2.75, 3.05) is 0 Å². The molecule has 0 fully saturated rings. The number of allylic oxidation sites excluding steroid dienone is 1. The van der Waals surface area contributed by atoms with Gasteiger partial charge in [0.25, 0.3) is 0 Å². The minimum absolute atomic E-state index is 0.363. The van der Waals surface area contributed by atoms with E-state index >= 15 is 0 Å². The van der Waals surface area contributed by atoms with Gasteiger partial charge in [0.15, 0.2) is 0 Å². The molecule has 0 aromatic heterocycles. The van der Waals surface area contributed by atoms with Gasteiger partial charge in [-0.1, -0.05) is 61.5 Å². The lowest BCUT2D eigenvalue weighted by atomic mass is 9.97. The number of aliphatic hydroxyl groups excluding tert-OH is 1. The number of benzene rings is 2. The van der Waals surface area contributed by atoms with Crippen molar-refractivity contribution in [3.05, 3.63) is 76.2 Å². The van der Waals surface area contributed by atoms with Crippen LogP contribution in [0.2, 0.25) is 0 Å². The molecule has 106 valence electrons. The van der Waals surface area contributed by atoms with Crippen LogP contribution < -0.4 is 10.4 Å². The Hall–Kier alpha value is -2.28. The van der Waals surface area contributed by atoms with Crippen molar-refractivity contribution < 1.29 is 5.11 Å². The van der Waals surface area contributed by atoms with Gasteiger partial charge in [0.05, 0.1) is 0 Å². The van der Waals surface area contributed by atoms with E-state index in [4.69, 9.17) is 0 Å². The molecule has 3 rings (SSSR count). The third-order valence-corrected chi connectivity index (χ3v) is 4.03. The van der Waals surface area contributed by atoms with Gasteiger partial charge in [-0.05, 0) is 47.3 Å². The van der Waals surface area contributed by atoms with Crippen molar-refractivity contribution in [3.63, 3.8) is 0 Å². The minimum atomic E-state index is 0.363. The lowest BCUT2D eigenvalue weighted by Crippen LogP contribution is -2.27. The SMILES string of the molecule is CCc1ccc2/c(c1)=C\CC\C(c1ccccc1)=C\C=2O. The van der Waals surface area contributed by atoms with Crippen molar-refractivity contribution in [1.29, 1.82) is 0 Å². The first-order chi connectivity index (χ1) is 10.3. The van der Waals surface area contributed by atoms with E-state index in [-0.39, 0.29) is 0 Å². The first-order valence-electron chi connectivity index (χ1n) is 7.56. The maximum Gasteiger partial charge on any atom is 0.123 e. The fourth-order valence-electron chi connectivity index (χ4n) is 2.81. The van der Waals surface area contributed by atoms with Gasteiger partial charge in [0.1, 0.15) is 5.76 Å². The molecular weight excluding hydrogens is 256 g/mol. The van der Waals surface area contributed by atoms with E-state index in [1.54, 1.807) is 0 Å². The average molecular weight is 276 g/mol. The van der Waals surface area contributed by atoms with Crippen molar-refractivity contribution >= 4 is 17.4 Å². The molecule has 0 amide bonds. The monoisotopic (exact) mass is 276 g/mol. The molecule has 1 nitrogen and oxygen atoms in total. The fourth-order valence-corrected chi connectivity index (χ4v) is 2.81. The van der Waals surface area contributed by atoms with Crippen LogP contribution in [0.15, 0.2) is 54.6 Å². The van der Waals surface area contributed by atoms with Crippen LogP contribution in [0.1, 0.15) is 30.9 Å². The number of rotatable bonds is 2. The van der Waals surface area contributed by atoms with Gasteiger partial charge < -0.3 is 5.11 Å². The zero-order valence-corrected chi connectivity index (χ0v) is 12.3. The molecular formula is C20H20O. The van der Waals surface area contributed by atoms with Gasteiger partial charge in [-0.25, -0.2) is 0 Å². The topological polar surface area (TPSA) is 20.2 Å². The Bertz CT molecular complexity index is 782. The first kappa shape index (κ1) is 13.7. The highest BCUT2D eigenvalue weighted by Gasteiger charge is 2.05. The Labute approximate surface area is 125 Å². The molecule has 2 aromatic rings. The van der Waals surface area contributed by atoms with Gasteiger partial charge in [0, 0.05) is 5.22 Å². The van der Waals surface area contributed by atoms with E-state index in [0.717, 1.165) is 29.7 Å². The number of aliphatic hydroxyl groups is 1. The van der Waals surface area contributed by atoms with E-state index in [0.29, 0.717) is 5.76 Å². The summed E-state index contributed by atoms with van der Waals surface area (Å²) in [7, 11) is 0. The number of fused-ring (bicyclic) bond motifs is 1. The molecule has 0 heterocycles. The smallest absolute Gasteiger partial charge is 0.123 e. The fraction of sp³-hybridized carbons (Fsp3) is 0.200. The molecule has 1 heteroatoms. The molecule has 1 N–H and O–H groups in total. The lowest BCUT2D eigenvalue weighted by molar-refractivity contribution is 0.511. The Kier molecular flexibility index (Phi) is 3.92. The summed E-state index contributed by atoms with van der Waals surface area (Å²) in [5.74, 6) is 0.363. The van der Waals surface area contributed by atoms with Crippen LogP contribution in [-0.4, -0.2) is 5.11 Å². The summed E-state index contributed by atoms with van der Waals surface area (Å²) in [5, 5.41) is 12.6. The summed E-state index contributed by atoms with van der Waals surface area (Å²) in [5.41, 5.74) is 3.69. The van der Waals surface area contributed by atoms with Crippen LogP contribution >= 0.6 is 0 Å². The molecule has 21 heavy (non-hydrogen) atoms. The second-order valence-electron chi connectivity index (χ2n) is 5.44. The van der Waals surface area contributed by atoms with Crippen LogP contribution in [0.25, 0.3) is 17.4 Å². The zero-order chi connectivity index (χ0) is 14.7. The predicted molar refractivity (Wildman–Crippen MR) is 89.2 cm³/mol. The first-order valence-corrected chi connectivity index (χ1v) is 7.56. The summed E-state index contributed by atoms with van der Waals surface area (Å²) in [6, 6.07) is 16.6. The molecule has 1 aliphatic rings. The molecule has 2 aromatic carbocycles. The highest BCUT2D eigenvalue weighted by atomic mass is 16.3. The van der Waals surface area contributed by atoms with Crippen LogP contribution in [0.3, 0.4) is 0 Å². The number of aryl methyl sites for hydroxylation is 1. The lowest BCUT2D eigenvalue weighted by Gasteiger charge is -2.09. The molecule has 1 aliphatic carbocycles. The predicted octanol–water partition coefficient (Wildman–Crippen LogP) is 3.57. The zero-order valence-electron chi connectivity index (χ0n) is 12.3. The van der Waals surface area contributed by atoms with Crippen molar-refractivity contribution in [3.8, 4) is 0 Å². The molecule has 0 radical (unpaired) electrons. The Balaban J connectivity index is 2.15. The second-order valence-corrected chi connectivity index (χ2v) is 5.44. The summed E-state index contributed by atoms with van der Waals surface area (Å²) in [4.78, 5) is 0. The molecule has 0 aliphatic heterocycles. The molecule has 0 unspecified atom stereocenters. The van der Waals surface area contributed by atoms with E-state index in [9.17, 15) is 5.11 Å². The molecule has 0 saturated heterocycles. The van der Waals surface area contributed by atoms with Gasteiger partial charge >= 0.3 is 0 Å². The van der Waals surface area contributed by atoms with Crippen molar-refractivity contribution in [1.82, 2.24) is 0 Å². The van der Waals surface area contributed by atoms with Gasteiger partial charge in [-0.2, -0.15) is 0 Å². The van der Waals surface area contributed by atoms with E-state index < -0.39 is 0 Å². The molecule has 0 bridgehead atoms. The Morgan fingerprint density at radius 2 is 1.86 bits per heavy atom. The summed E-state index contributed by atoms with van der Waals surface area (Å²) >= 11 is 0. The Morgan fingerprint density at radius 3 is 2.62 bits per heavy atom. The second kappa shape index (κ2) is 6.01. The van der Waals surface area contributed by atoms with Crippen molar-refractivity contribution in [2.45, 2.75) is 26.2 Å². The summed E-state index contributed by atoms with van der Waals surface area (Å²) < 4.78 is 0. The minimum Gasteiger partial charge on any atom is -0.507 e. The normalized spacial score (nSPS) is 21.2. The summed E-state index contributed by atoms with van der Waals surface area (Å²) in [6.45, 7) is 2.15. The van der Waals surface area contributed by atoms with Crippen LogP contribution in [0.5, 0.6) is 0 Å². The average Bonchev–Trinajstić information content (AvgIpc) is 2.52. The van der Waals surface area contributed by atoms with Crippen LogP contribution in [0, 0.1) is 0 Å². The standard InChI is InChI=1S/C20H20O/c1-2-15-11-12-19-18(13-15)10-6-9-17(14-20(19)21)16-7-4-3-5-8-16/h3-5,7-8,10-14,21H,2,6,9H2,1H3/b17-14-,18-10-,20-19+. The number of hydrogen-bond acceptors (Lipinski definition) is 1. The summed E-state index contributed by atoms with van der Waals surface area (Å²) in [6.07, 6.45) is 7.12. The largest absolute Gasteiger partial charge is 0.507 e. The van der Waals surface area contributed by atoms with E-state index in [1.165, 1.54) is 16.7 Å². The highest BCUT2D eigenvalue weighted by Crippen LogP contribution is 2.22. The quantitative estimate of drug-likeness (QED) is 0.889. The van der Waals surface area contributed by atoms with E-state index in [1.807, 2.05) is 30.3 Å². The highest BCUT2D eigenvalue weighted by molar-refractivity contribution is 5.74. The van der Waals surface area contributed by atoms with Gasteiger partial charge in [0.2, 0.25) is 0 Å². The van der Waals surface area contributed by atoms with Crippen LogP contribution in [-0.2, 0) is 6.42 Å². The van der Waals surface area contributed by atoms with Crippen molar-refractivity contribution in [2.24, 2.45) is 0 Å². The molecule has 0 saturated carbocycles. The van der Waals surface area contributed by atoms with E-state index in [2.05, 4.69) is 37.3 Å². The van der Waals surface area contributed by atoms with Gasteiger partial charge in [-0.15, -0.1) is 0 Å². The van der Waals surface area contributed by atoms with Gasteiger partial charge in [-0.3, -0.25) is 0 Å². The molecule has 0 atom stereocenters.